The molecule has 0 unspecified atom stereocenters. The summed E-state index contributed by atoms with van der Waals surface area (Å²) in [5, 5.41) is 0. The van der Waals surface area contributed by atoms with Crippen LogP contribution >= 0.6 is 0 Å². The van der Waals surface area contributed by atoms with Crippen molar-refractivity contribution in [3.05, 3.63) is 29.1 Å². The van der Waals surface area contributed by atoms with E-state index in [0.717, 1.165) is 16.9 Å². The van der Waals surface area contributed by atoms with Gasteiger partial charge in [0.25, 0.3) is 0 Å². The molecule has 1 aliphatic rings. The Morgan fingerprint density at radius 3 is 3.00 bits per heavy atom. The molecule has 1 heterocycles. The van der Waals surface area contributed by atoms with E-state index in [1.54, 1.807) is 6.07 Å². The van der Waals surface area contributed by atoms with E-state index in [0.29, 0.717) is 13.0 Å². The van der Waals surface area contributed by atoms with Gasteiger partial charge in [-0.15, -0.1) is 0 Å². The monoisotopic (exact) mass is 152 g/mol. The van der Waals surface area contributed by atoms with Gasteiger partial charge in [-0.05, 0) is 18.6 Å². The number of halogens is 1. The van der Waals surface area contributed by atoms with Crippen LogP contribution < -0.4 is 4.74 Å². The van der Waals surface area contributed by atoms with E-state index in [4.69, 9.17) is 4.74 Å². The summed E-state index contributed by atoms with van der Waals surface area (Å²) in [5.41, 5.74) is 1.77. The van der Waals surface area contributed by atoms with Gasteiger partial charge in [-0.3, -0.25) is 0 Å². The fraction of sp³-hybridized carbons (Fsp3) is 0.333. The van der Waals surface area contributed by atoms with Crippen LogP contribution in [0.5, 0.6) is 5.75 Å². The summed E-state index contributed by atoms with van der Waals surface area (Å²) < 4.78 is 18.3. The summed E-state index contributed by atoms with van der Waals surface area (Å²) in [6.45, 7) is 2.56. The Labute approximate surface area is 64.8 Å². The molecule has 0 saturated carbocycles. The first kappa shape index (κ1) is 6.65. The van der Waals surface area contributed by atoms with Gasteiger partial charge in [0.2, 0.25) is 0 Å². The molecular weight excluding hydrogens is 143 g/mol. The van der Waals surface area contributed by atoms with E-state index < -0.39 is 0 Å². The van der Waals surface area contributed by atoms with Crippen LogP contribution in [0, 0.1) is 12.7 Å². The molecule has 0 spiro atoms. The second kappa shape index (κ2) is 2.22. The van der Waals surface area contributed by atoms with Crippen LogP contribution in [0.1, 0.15) is 11.1 Å². The van der Waals surface area contributed by atoms with E-state index in [1.165, 1.54) is 6.07 Å². The van der Waals surface area contributed by atoms with Gasteiger partial charge in [0, 0.05) is 12.0 Å². The number of hydrogen-bond donors (Lipinski definition) is 0. The summed E-state index contributed by atoms with van der Waals surface area (Å²) in [4.78, 5) is 0. The van der Waals surface area contributed by atoms with Gasteiger partial charge in [0.15, 0.2) is 0 Å². The molecule has 1 aromatic rings. The maximum atomic E-state index is 13.0. The lowest BCUT2D eigenvalue weighted by Crippen LogP contribution is -1.87. The van der Waals surface area contributed by atoms with Crippen molar-refractivity contribution < 1.29 is 9.13 Å². The van der Waals surface area contributed by atoms with Crippen LogP contribution in [0.3, 0.4) is 0 Å². The average Bonchev–Trinajstić information content (AvgIpc) is 2.45. The lowest BCUT2D eigenvalue weighted by atomic mass is 10.1. The third kappa shape index (κ3) is 0.897. The average molecular weight is 152 g/mol. The fourth-order valence-electron chi connectivity index (χ4n) is 1.41. The second-order valence-corrected chi connectivity index (χ2v) is 2.77. The number of benzene rings is 1. The largest absolute Gasteiger partial charge is 0.493 e. The first-order chi connectivity index (χ1) is 5.29. The van der Waals surface area contributed by atoms with Gasteiger partial charge in [-0.25, -0.2) is 4.39 Å². The van der Waals surface area contributed by atoms with Gasteiger partial charge in [-0.1, -0.05) is 6.07 Å². The third-order valence-electron chi connectivity index (χ3n) is 2.00. The summed E-state index contributed by atoms with van der Waals surface area (Å²) in [7, 11) is 0. The predicted octanol–water partition coefficient (Wildman–Crippen LogP) is 2.07. The van der Waals surface area contributed by atoms with Crippen LogP contribution in [-0.4, -0.2) is 6.61 Å². The minimum absolute atomic E-state index is 0.136. The van der Waals surface area contributed by atoms with Crippen molar-refractivity contribution in [3.63, 3.8) is 0 Å². The Morgan fingerprint density at radius 1 is 1.45 bits per heavy atom. The van der Waals surface area contributed by atoms with Crippen LogP contribution in [0.25, 0.3) is 0 Å². The van der Waals surface area contributed by atoms with E-state index in [-0.39, 0.29) is 5.82 Å². The van der Waals surface area contributed by atoms with Crippen molar-refractivity contribution in [1.82, 2.24) is 0 Å². The summed E-state index contributed by atoms with van der Waals surface area (Å²) in [6, 6.07) is 3.25. The zero-order valence-corrected chi connectivity index (χ0v) is 6.36. The van der Waals surface area contributed by atoms with Crippen molar-refractivity contribution in [1.29, 1.82) is 0 Å². The number of aryl methyl sites for hydroxylation is 1. The Bertz CT molecular complexity index is 265. The standard InChI is InChI=1S/C9H9FO/c1-6-2-3-8(10)7-4-5-11-9(6)7/h2-3H,4-5H2,1H3. The maximum absolute atomic E-state index is 13.0. The maximum Gasteiger partial charge on any atom is 0.130 e. The molecule has 0 bridgehead atoms. The molecule has 0 saturated heterocycles. The number of rotatable bonds is 0. The molecular formula is C9H9FO. The van der Waals surface area contributed by atoms with E-state index in [1.807, 2.05) is 6.92 Å². The van der Waals surface area contributed by atoms with Gasteiger partial charge in [0.05, 0.1) is 6.61 Å². The number of hydrogen-bond acceptors (Lipinski definition) is 1. The lowest BCUT2D eigenvalue weighted by Gasteiger charge is -2.02. The normalized spacial score (nSPS) is 14.4. The van der Waals surface area contributed by atoms with Crippen LogP contribution in [-0.2, 0) is 6.42 Å². The topological polar surface area (TPSA) is 9.23 Å². The molecule has 0 atom stereocenters. The first-order valence-electron chi connectivity index (χ1n) is 3.70. The van der Waals surface area contributed by atoms with Crippen molar-refractivity contribution in [2.45, 2.75) is 13.3 Å². The molecule has 58 valence electrons. The molecule has 0 N–H and O–H groups in total. The van der Waals surface area contributed by atoms with Crippen LogP contribution in [0.15, 0.2) is 12.1 Å². The Kier molecular flexibility index (Phi) is 1.34. The SMILES string of the molecule is Cc1ccc(F)c2c1OCC2. The smallest absolute Gasteiger partial charge is 0.130 e. The first-order valence-corrected chi connectivity index (χ1v) is 3.70. The summed E-state index contributed by atoms with van der Waals surface area (Å²) >= 11 is 0. The highest BCUT2D eigenvalue weighted by Gasteiger charge is 2.17. The highest BCUT2D eigenvalue weighted by atomic mass is 19.1. The predicted molar refractivity (Wildman–Crippen MR) is 40.3 cm³/mol. The number of ether oxygens (including phenoxy) is 1. The van der Waals surface area contributed by atoms with Crippen LogP contribution in [0.2, 0.25) is 0 Å². The van der Waals surface area contributed by atoms with Gasteiger partial charge < -0.3 is 4.74 Å². The molecule has 2 heteroatoms. The van der Waals surface area contributed by atoms with Gasteiger partial charge in [-0.2, -0.15) is 0 Å². The van der Waals surface area contributed by atoms with Crippen molar-refractivity contribution >= 4 is 0 Å². The third-order valence-corrected chi connectivity index (χ3v) is 2.00. The Morgan fingerprint density at radius 2 is 2.27 bits per heavy atom. The summed E-state index contributed by atoms with van der Waals surface area (Å²) in [6.07, 6.45) is 0.711. The van der Waals surface area contributed by atoms with Gasteiger partial charge in [0.1, 0.15) is 11.6 Å². The Balaban J connectivity index is 2.64. The number of fused-ring (bicyclic) bond motifs is 1. The van der Waals surface area contributed by atoms with Crippen molar-refractivity contribution in [2.24, 2.45) is 0 Å². The molecule has 0 aliphatic carbocycles. The molecule has 1 aliphatic heterocycles. The lowest BCUT2D eigenvalue weighted by molar-refractivity contribution is 0.354. The van der Waals surface area contributed by atoms with E-state index >= 15 is 0 Å². The quantitative estimate of drug-likeness (QED) is 0.553. The minimum Gasteiger partial charge on any atom is -0.493 e. The molecule has 0 fully saturated rings. The minimum atomic E-state index is -0.136. The van der Waals surface area contributed by atoms with Crippen molar-refractivity contribution in [3.8, 4) is 5.75 Å². The van der Waals surface area contributed by atoms with E-state index in [2.05, 4.69) is 0 Å². The molecule has 0 aromatic heterocycles. The Hall–Kier alpha value is -1.05. The zero-order valence-electron chi connectivity index (χ0n) is 6.36. The molecule has 0 amide bonds. The molecule has 1 aromatic carbocycles. The van der Waals surface area contributed by atoms with Crippen LogP contribution in [0.4, 0.5) is 4.39 Å². The van der Waals surface area contributed by atoms with E-state index in [9.17, 15) is 4.39 Å². The molecule has 1 nitrogen and oxygen atoms in total. The second-order valence-electron chi connectivity index (χ2n) is 2.77. The zero-order chi connectivity index (χ0) is 7.84. The molecule has 11 heavy (non-hydrogen) atoms. The van der Waals surface area contributed by atoms with Gasteiger partial charge >= 0.3 is 0 Å². The fourth-order valence-corrected chi connectivity index (χ4v) is 1.41. The highest BCUT2D eigenvalue weighted by Crippen LogP contribution is 2.30. The molecule has 0 radical (unpaired) electrons. The highest BCUT2D eigenvalue weighted by molar-refractivity contribution is 5.43. The summed E-state index contributed by atoms with van der Waals surface area (Å²) in [5.74, 6) is 0.619. The molecule has 2 rings (SSSR count). The van der Waals surface area contributed by atoms with Crippen molar-refractivity contribution in [2.75, 3.05) is 6.61 Å².